The van der Waals surface area contributed by atoms with Gasteiger partial charge in [-0.3, -0.25) is 4.79 Å². The minimum absolute atomic E-state index is 0.0643. The summed E-state index contributed by atoms with van der Waals surface area (Å²) in [4.78, 5) is 25.3. The quantitative estimate of drug-likeness (QED) is 0.430. The second kappa shape index (κ2) is 7.86. The van der Waals surface area contributed by atoms with Crippen molar-refractivity contribution in [2.45, 2.75) is 19.4 Å². The Morgan fingerprint density at radius 3 is 2.82 bits per heavy atom. The second-order valence-corrected chi connectivity index (χ2v) is 8.90. The smallest absolute Gasteiger partial charge is 0.186 e. The van der Waals surface area contributed by atoms with Gasteiger partial charge in [-0.1, -0.05) is 6.07 Å². The van der Waals surface area contributed by atoms with Crippen molar-refractivity contribution in [2.24, 2.45) is 5.92 Å². The summed E-state index contributed by atoms with van der Waals surface area (Å²) >= 11 is 0. The van der Waals surface area contributed by atoms with Crippen molar-refractivity contribution in [1.29, 1.82) is 0 Å². The van der Waals surface area contributed by atoms with E-state index in [9.17, 15) is 13.6 Å². The number of aldehydes is 1. The van der Waals surface area contributed by atoms with Crippen molar-refractivity contribution in [3.05, 3.63) is 71.7 Å². The molecule has 9 heteroatoms. The topological polar surface area (TPSA) is 67.2 Å². The lowest BCUT2D eigenvalue weighted by Crippen LogP contribution is -2.65. The maximum atomic E-state index is 14.0. The van der Waals surface area contributed by atoms with Gasteiger partial charge in [-0.15, -0.1) is 0 Å². The maximum absolute atomic E-state index is 14.0. The SMILES string of the molecule is Cc1ccc(-n2cccn2)c(C=O)c1N1C[C@H]2CCN(c3cnc4c(F)c(F)ccc4n3)C[C@H]21. The summed E-state index contributed by atoms with van der Waals surface area (Å²) in [5, 5.41) is 4.30. The first-order chi connectivity index (χ1) is 16.5. The lowest BCUT2D eigenvalue weighted by Gasteiger charge is -2.55. The molecule has 7 nitrogen and oxygen atoms in total. The Bertz CT molecular complexity index is 1410. The normalized spacial score (nSPS) is 19.7. The summed E-state index contributed by atoms with van der Waals surface area (Å²) in [5.74, 6) is -0.751. The maximum Gasteiger partial charge on any atom is 0.186 e. The van der Waals surface area contributed by atoms with E-state index in [0.717, 1.165) is 48.8 Å². The molecule has 2 atom stereocenters. The van der Waals surface area contributed by atoms with Gasteiger partial charge in [0.05, 0.1) is 34.7 Å². The molecule has 0 bridgehead atoms. The lowest BCUT2D eigenvalue weighted by atomic mass is 9.81. The molecule has 2 saturated heterocycles. The molecule has 2 fully saturated rings. The summed E-state index contributed by atoms with van der Waals surface area (Å²) in [6, 6.07) is 8.51. The second-order valence-electron chi connectivity index (χ2n) is 8.90. The molecule has 0 amide bonds. The minimum Gasteiger partial charge on any atom is -0.365 e. The summed E-state index contributed by atoms with van der Waals surface area (Å²) in [7, 11) is 0. The van der Waals surface area contributed by atoms with Gasteiger partial charge < -0.3 is 9.80 Å². The van der Waals surface area contributed by atoms with Crippen LogP contribution in [0, 0.1) is 24.5 Å². The van der Waals surface area contributed by atoms with Gasteiger partial charge in [0.2, 0.25) is 0 Å². The first-order valence-corrected chi connectivity index (χ1v) is 11.3. The van der Waals surface area contributed by atoms with E-state index in [2.05, 4.69) is 24.9 Å². The predicted octanol–water partition coefficient (Wildman–Crippen LogP) is 3.93. The minimum atomic E-state index is -0.977. The average Bonchev–Trinajstić information content (AvgIpc) is 3.37. The van der Waals surface area contributed by atoms with E-state index < -0.39 is 11.6 Å². The zero-order valence-corrected chi connectivity index (χ0v) is 18.5. The summed E-state index contributed by atoms with van der Waals surface area (Å²) < 4.78 is 29.3. The number of nitrogens with zero attached hydrogens (tertiary/aromatic N) is 6. The summed E-state index contributed by atoms with van der Waals surface area (Å²) in [6.07, 6.45) is 6.92. The third kappa shape index (κ3) is 3.14. The molecule has 0 N–H and O–H groups in total. The van der Waals surface area contributed by atoms with Crippen molar-refractivity contribution < 1.29 is 13.6 Å². The Hall–Kier alpha value is -3.88. The van der Waals surface area contributed by atoms with Crippen LogP contribution >= 0.6 is 0 Å². The summed E-state index contributed by atoms with van der Waals surface area (Å²) in [6.45, 7) is 4.42. The van der Waals surface area contributed by atoms with Crippen LogP contribution in [0.15, 0.2) is 48.9 Å². The van der Waals surface area contributed by atoms with Crippen LogP contribution in [0.3, 0.4) is 0 Å². The molecule has 0 aliphatic carbocycles. The van der Waals surface area contributed by atoms with Crippen LogP contribution in [0.25, 0.3) is 16.7 Å². The van der Waals surface area contributed by atoms with Gasteiger partial charge in [0.1, 0.15) is 11.3 Å². The van der Waals surface area contributed by atoms with Gasteiger partial charge in [-0.05, 0) is 43.2 Å². The number of halogens is 2. The zero-order valence-electron chi connectivity index (χ0n) is 18.5. The van der Waals surface area contributed by atoms with Crippen molar-refractivity contribution in [3.8, 4) is 5.69 Å². The zero-order chi connectivity index (χ0) is 23.4. The predicted molar refractivity (Wildman–Crippen MR) is 125 cm³/mol. The van der Waals surface area contributed by atoms with E-state index in [4.69, 9.17) is 0 Å². The van der Waals surface area contributed by atoms with E-state index in [1.807, 2.05) is 31.3 Å². The number of aromatic nitrogens is 4. The van der Waals surface area contributed by atoms with Gasteiger partial charge in [-0.2, -0.15) is 5.10 Å². The Morgan fingerprint density at radius 2 is 2.03 bits per heavy atom. The molecular formula is C25H22F2N6O. The van der Waals surface area contributed by atoms with E-state index >= 15 is 0 Å². The van der Waals surface area contributed by atoms with Crippen LogP contribution in [-0.4, -0.2) is 51.7 Å². The Balaban J connectivity index is 1.32. The summed E-state index contributed by atoms with van der Waals surface area (Å²) in [5.41, 5.74) is 3.62. The highest BCUT2D eigenvalue weighted by Gasteiger charge is 2.44. The fourth-order valence-electron chi connectivity index (χ4n) is 5.25. The molecule has 4 heterocycles. The molecule has 34 heavy (non-hydrogen) atoms. The fraction of sp³-hybridized carbons (Fsp3) is 0.280. The van der Waals surface area contributed by atoms with Crippen molar-refractivity contribution >= 4 is 28.8 Å². The fourth-order valence-corrected chi connectivity index (χ4v) is 5.25. The lowest BCUT2D eigenvalue weighted by molar-refractivity contribution is 0.112. The third-order valence-corrected chi connectivity index (χ3v) is 7.02. The van der Waals surface area contributed by atoms with Crippen molar-refractivity contribution in [1.82, 2.24) is 19.7 Å². The van der Waals surface area contributed by atoms with Gasteiger partial charge >= 0.3 is 0 Å². The number of carbonyl (C=O) groups is 1. The molecular weight excluding hydrogens is 438 g/mol. The first-order valence-electron chi connectivity index (χ1n) is 11.3. The molecule has 0 unspecified atom stereocenters. The van der Waals surface area contributed by atoms with Gasteiger partial charge in [-0.25, -0.2) is 23.4 Å². The number of carbonyl (C=O) groups excluding carboxylic acids is 1. The molecule has 2 aromatic heterocycles. The first kappa shape index (κ1) is 20.7. The molecule has 4 aromatic rings. The Kier molecular flexibility index (Phi) is 4.79. The van der Waals surface area contributed by atoms with Crippen molar-refractivity contribution in [3.63, 3.8) is 0 Å². The number of piperidine rings is 1. The van der Waals surface area contributed by atoms with Crippen LogP contribution in [0.2, 0.25) is 0 Å². The number of hydrogen-bond acceptors (Lipinski definition) is 6. The monoisotopic (exact) mass is 460 g/mol. The molecule has 2 aliphatic rings. The molecule has 2 aromatic carbocycles. The van der Waals surface area contributed by atoms with E-state index in [0.29, 0.717) is 29.4 Å². The number of anilines is 2. The number of rotatable bonds is 4. The molecule has 0 saturated carbocycles. The number of aryl methyl sites for hydroxylation is 1. The standard InChI is InChI=1S/C25H22F2N6O/c1-15-3-6-20(33-9-2-8-29-33)17(14-34)25(15)32-12-16-7-10-31(13-21(16)32)22-11-28-24-19(30-22)5-4-18(26)23(24)27/h2-6,8-9,11,14,16,21H,7,10,12-13H2,1H3/t16-,21-/m1/s1. The molecule has 0 radical (unpaired) electrons. The molecule has 6 rings (SSSR count). The van der Waals surface area contributed by atoms with Gasteiger partial charge in [0.15, 0.2) is 17.9 Å². The van der Waals surface area contributed by atoms with Crippen LogP contribution in [-0.2, 0) is 0 Å². The number of hydrogen-bond donors (Lipinski definition) is 0. The van der Waals surface area contributed by atoms with Crippen LogP contribution in [0.1, 0.15) is 22.3 Å². The Labute approximate surface area is 194 Å². The van der Waals surface area contributed by atoms with Crippen molar-refractivity contribution in [2.75, 3.05) is 29.4 Å². The van der Waals surface area contributed by atoms with Crippen LogP contribution < -0.4 is 9.80 Å². The van der Waals surface area contributed by atoms with Gasteiger partial charge in [0.25, 0.3) is 0 Å². The molecule has 2 aliphatic heterocycles. The highest BCUT2D eigenvalue weighted by molar-refractivity contribution is 5.91. The van der Waals surface area contributed by atoms with E-state index in [1.165, 1.54) is 12.3 Å². The number of fused-ring (bicyclic) bond motifs is 2. The highest BCUT2D eigenvalue weighted by Crippen LogP contribution is 2.41. The Morgan fingerprint density at radius 1 is 1.15 bits per heavy atom. The van der Waals surface area contributed by atoms with Crippen LogP contribution in [0.5, 0.6) is 0 Å². The molecule has 0 spiro atoms. The van der Waals surface area contributed by atoms with E-state index in [-0.39, 0.29) is 11.6 Å². The average molecular weight is 460 g/mol. The third-order valence-electron chi connectivity index (χ3n) is 7.02. The van der Waals surface area contributed by atoms with E-state index in [1.54, 1.807) is 10.9 Å². The highest BCUT2D eigenvalue weighted by atomic mass is 19.2. The largest absolute Gasteiger partial charge is 0.365 e. The molecule has 172 valence electrons. The van der Waals surface area contributed by atoms with Gasteiger partial charge in [0, 0.05) is 37.9 Å². The van der Waals surface area contributed by atoms with Crippen LogP contribution in [0.4, 0.5) is 20.3 Å². The number of benzene rings is 2.